The summed E-state index contributed by atoms with van der Waals surface area (Å²) in [6.45, 7) is 4.46. The van der Waals surface area contributed by atoms with Gasteiger partial charge >= 0.3 is 0 Å². The predicted molar refractivity (Wildman–Crippen MR) is 85.9 cm³/mol. The first-order valence-electron chi connectivity index (χ1n) is 6.37. The molecule has 2 aromatic heterocycles. The zero-order chi connectivity index (χ0) is 13.4. The van der Waals surface area contributed by atoms with E-state index in [1.165, 1.54) is 10.3 Å². The number of nitrogens with zero attached hydrogens (tertiary/aromatic N) is 1. The van der Waals surface area contributed by atoms with Gasteiger partial charge in [-0.25, -0.2) is 4.98 Å². The third-order valence-electron chi connectivity index (χ3n) is 3.03. The summed E-state index contributed by atoms with van der Waals surface area (Å²) in [5.41, 5.74) is 9.70. The van der Waals surface area contributed by atoms with Crippen LogP contribution in [-0.2, 0) is 6.42 Å². The maximum absolute atomic E-state index is 6.16. The van der Waals surface area contributed by atoms with Crippen molar-refractivity contribution in [1.29, 1.82) is 0 Å². The van der Waals surface area contributed by atoms with E-state index in [0.29, 0.717) is 5.92 Å². The van der Waals surface area contributed by atoms with Gasteiger partial charge in [-0.05, 0) is 35.4 Å². The number of nitrogen functional groups attached to an aromatic ring is 1. The lowest BCUT2D eigenvalue weighted by Crippen LogP contribution is -1.95. The van der Waals surface area contributed by atoms with Crippen molar-refractivity contribution in [3.8, 4) is 10.6 Å². The molecule has 0 atom stereocenters. The van der Waals surface area contributed by atoms with Gasteiger partial charge in [-0.2, -0.15) is 0 Å². The normalized spacial score (nSPS) is 11.5. The van der Waals surface area contributed by atoms with Crippen LogP contribution in [0.2, 0.25) is 0 Å². The first-order valence-corrected chi connectivity index (χ1v) is 8.06. The van der Waals surface area contributed by atoms with E-state index in [4.69, 9.17) is 10.7 Å². The summed E-state index contributed by atoms with van der Waals surface area (Å²) < 4.78 is 1.22. The number of para-hydroxylation sites is 1. The molecule has 19 heavy (non-hydrogen) atoms. The van der Waals surface area contributed by atoms with Crippen LogP contribution in [0.25, 0.3) is 20.8 Å². The Morgan fingerprint density at radius 1 is 1.26 bits per heavy atom. The van der Waals surface area contributed by atoms with Crippen molar-refractivity contribution in [2.75, 3.05) is 5.73 Å². The van der Waals surface area contributed by atoms with Gasteiger partial charge in [0.05, 0.1) is 15.2 Å². The number of aromatic nitrogens is 1. The minimum Gasteiger partial charge on any atom is -0.390 e. The topological polar surface area (TPSA) is 38.9 Å². The highest BCUT2D eigenvalue weighted by molar-refractivity contribution is 7.22. The van der Waals surface area contributed by atoms with E-state index in [0.717, 1.165) is 27.5 Å². The molecule has 0 amide bonds. The first-order chi connectivity index (χ1) is 9.15. The average Bonchev–Trinajstić information content (AvgIpc) is 2.92. The van der Waals surface area contributed by atoms with Crippen molar-refractivity contribution in [2.45, 2.75) is 20.3 Å². The van der Waals surface area contributed by atoms with E-state index in [1.807, 2.05) is 6.07 Å². The number of benzene rings is 1. The number of anilines is 1. The van der Waals surface area contributed by atoms with E-state index < -0.39 is 0 Å². The van der Waals surface area contributed by atoms with Gasteiger partial charge in [0.15, 0.2) is 0 Å². The summed E-state index contributed by atoms with van der Waals surface area (Å²) in [5, 5.41) is 4.11. The number of hydrogen-bond acceptors (Lipinski definition) is 4. The third-order valence-corrected chi connectivity index (χ3v) is 4.95. The molecule has 98 valence electrons. The van der Waals surface area contributed by atoms with E-state index in [1.54, 1.807) is 22.7 Å². The molecule has 0 saturated carbocycles. The van der Waals surface area contributed by atoms with Crippen LogP contribution in [-0.4, -0.2) is 4.98 Å². The summed E-state index contributed by atoms with van der Waals surface area (Å²) in [6, 6.07) is 8.25. The van der Waals surface area contributed by atoms with Crippen LogP contribution in [0.1, 0.15) is 19.4 Å². The molecule has 3 rings (SSSR count). The highest BCUT2D eigenvalue weighted by Gasteiger charge is 2.16. The molecule has 0 radical (unpaired) electrons. The van der Waals surface area contributed by atoms with Crippen molar-refractivity contribution in [3.05, 3.63) is 35.2 Å². The van der Waals surface area contributed by atoms with Crippen molar-refractivity contribution < 1.29 is 0 Å². The maximum atomic E-state index is 6.16. The second kappa shape index (κ2) is 4.94. The summed E-state index contributed by atoms with van der Waals surface area (Å²) in [4.78, 5) is 4.73. The van der Waals surface area contributed by atoms with Crippen LogP contribution in [0.3, 0.4) is 0 Å². The highest BCUT2D eigenvalue weighted by Crippen LogP contribution is 2.40. The summed E-state index contributed by atoms with van der Waals surface area (Å²) in [5.74, 6) is 0.627. The predicted octanol–water partition coefficient (Wildman–Crippen LogP) is 4.81. The number of thiazole rings is 1. The molecule has 3 aromatic rings. The maximum Gasteiger partial charge on any atom is 0.127 e. The van der Waals surface area contributed by atoms with Gasteiger partial charge in [-0.15, -0.1) is 22.7 Å². The Morgan fingerprint density at radius 2 is 2.05 bits per heavy atom. The van der Waals surface area contributed by atoms with Crippen LogP contribution >= 0.6 is 22.7 Å². The molecule has 0 aliphatic rings. The zero-order valence-corrected chi connectivity index (χ0v) is 12.6. The molecule has 0 aliphatic carbocycles. The molecule has 1 aromatic carbocycles. The Labute approximate surface area is 120 Å². The SMILES string of the molecule is CC(C)Cc1csc(N)c1-c1nc2ccccc2s1. The van der Waals surface area contributed by atoms with Crippen LogP contribution in [0.5, 0.6) is 0 Å². The van der Waals surface area contributed by atoms with E-state index in [2.05, 4.69) is 37.4 Å². The fourth-order valence-corrected chi connectivity index (χ4v) is 4.18. The fraction of sp³-hybridized carbons (Fsp3) is 0.267. The minimum absolute atomic E-state index is 0.627. The molecule has 2 nitrogen and oxygen atoms in total. The second-order valence-electron chi connectivity index (χ2n) is 5.08. The van der Waals surface area contributed by atoms with Crippen molar-refractivity contribution in [1.82, 2.24) is 4.98 Å². The van der Waals surface area contributed by atoms with Gasteiger partial charge in [-0.3, -0.25) is 0 Å². The number of nitrogens with two attached hydrogens (primary N) is 1. The van der Waals surface area contributed by atoms with E-state index >= 15 is 0 Å². The lowest BCUT2D eigenvalue weighted by Gasteiger charge is -2.05. The van der Waals surface area contributed by atoms with Crippen molar-refractivity contribution in [2.24, 2.45) is 5.92 Å². The van der Waals surface area contributed by atoms with E-state index in [9.17, 15) is 0 Å². The molecular weight excluding hydrogens is 272 g/mol. The lowest BCUT2D eigenvalue weighted by atomic mass is 10.0. The molecule has 2 heterocycles. The van der Waals surface area contributed by atoms with Gasteiger partial charge in [0, 0.05) is 5.56 Å². The van der Waals surface area contributed by atoms with Gasteiger partial charge in [0.1, 0.15) is 5.01 Å². The summed E-state index contributed by atoms with van der Waals surface area (Å²) >= 11 is 3.35. The number of rotatable bonds is 3. The standard InChI is InChI=1S/C15H16N2S2/c1-9(2)7-10-8-18-14(16)13(10)15-17-11-5-3-4-6-12(11)19-15/h3-6,8-9H,7,16H2,1-2H3. The quantitative estimate of drug-likeness (QED) is 0.751. The van der Waals surface area contributed by atoms with Gasteiger partial charge in [-0.1, -0.05) is 26.0 Å². The monoisotopic (exact) mass is 288 g/mol. The van der Waals surface area contributed by atoms with Crippen LogP contribution in [0.15, 0.2) is 29.6 Å². The number of thiophene rings is 1. The van der Waals surface area contributed by atoms with Crippen molar-refractivity contribution >= 4 is 37.9 Å². The Morgan fingerprint density at radius 3 is 2.79 bits per heavy atom. The molecule has 4 heteroatoms. The van der Waals surface area contributed by atoms with E-state index in [-0.39, 0.29) is 0 Å². The zero-order valence-electron chi connectivity index (χ0n) is 11.0. The summed E-state index contributed by atoms with van der Waals surface area (Å²) in [7, 11) is 0. The first kappa shape index (κ1) is 12.6. The Balaban J connectivity index is 2.12. The molecule has 0 unspecified atom stereocenters. The molecule has 0 spiro atoms. The molecule has 2 N–H and O–H groups in total. The largest absolute Gasteiger partial charge is 0.390 e. The molecular formula is C15H16N2S2. The van der Waals surface area contributed by atoms with Crippen LogP contribution in [0.4, 0.5) is 5.00 Å². The number of fused-ring (bicyclic) bond motifs is 1. The summed E-state index contributed by atoms with van der Waals surface area (Å²) in [6.07, 6.45) is 1.05. The Kier molecular flexibility index (Phi) is 3.29. The Bertz CT molecular complexity index is 677. The Hall–Kier alpha value is -1.39. The van der Waals surface area contributed by atoms with Gasteiger partial charge < -0.3 is 5.73 Å². The highest BCUT2D eigenvalue weighted by atomic mass is 32.1. The lowest BCUT2D eigenvalue weighted by molar-refractivity contribution is 0.649. The fourth-order valence-electron chi connectivity index (χ4n) is 2.22. The smallest absolute Gasteiger partial charge is 0.127 e. The van der Waals surface area contributed by atoms with Gasteiger partial charge in [0.25, 0.3) is 0 Å². The van der Waals surface area contributed by atoms with Gasteiger partial charge in [0.2, 0.25) is 0 Å². The molecule has 0 saturated heterocycles. The van der Waals surface area contributed by atoms with Crippen LogP contribution in [0, 0.1) is 5.92 Å². The van der Waals surface area contributed by atoms with Crippen LogP contribution < -0.4 is 5.73 Å². The molecule has 0 bridgehead atoms. The average molecular weight is 288 g/mol. The number of hydrogen-bond donors (Lipinski definition) is 1. The molecule has 0 fully saturated rings. The minimum atomic E-state index is 0.627. The molecule has 0 aliphatic heterocycles. The third kappa shape index (κ3) is 2.38. The van der Waals surface area contributed by atoms with Crippen molar-refractivity contribution in [3.63, 3.8) is 0 Å². The second-order valence-corrected chi connectivity index (χ2v) is 7.03.